The van der Waals surface area contributed by atoms with E-state index in [1.807, 2.05) is 18.2 Å². The summed E-state index contributed by atoms with van der Waals surface area (Å²) in [4.78, 5) is 25.5. The average Bonchev–Trinajstić information content (AvgIpc) is 2.38. The van der Waals surface area contributed by atoms with Gasteiger partial charge in [0.05, 0.1) is 5.92 Å². The minimum atomic E-state index is -0.441. The van der Waals surface area contributed by atoms with Crippen LogP contribution in [-0.4, -0.2) is 18.2 Å². The van der Waals surface area contributed by atoms with Gasteiger partial charge in [0.25, 0.3) is 0 Å². The second-order valence-electron chi connectivity index (χ2n) is 4.82. The van der Waals surface area contributed by atoms with Crippen LogP contribution in [0.5, 0.6) is 0 Å². The van der Waals surface area contributed by atoms with Crippen LogP contribution in [0.1, 0.15) is 32.3 Å². The van der Waals surface area contributed by atoms with E-state index in [1.165, 1.54) is 12.5 Å². The molecular weight excluding hydrogens is 226 g/mol. The second kappa shape index (κ2) is 5.34. The Morgan fingerprint density at radius 3 is 2.89 bits per heavy atom. The number of amides is 1. The van der Waals surface area contributed by atoms with E-state index >= 15 is 0 Å². The lowest BCUT2D eigenvalue weighted by molar-refractivity contribution is -0.132. The first-order valence-corrected chi connectivity index (χ1v) is 6.54. The summed E-state index contributed by atoms with van der Waals surface area (Å²) in [7, 11) is 0. The van der Waals surface area contributed by atoms with Crippen molar-refractivity contribution in [3.8, 4) is 0 Å². The van der Waals surface area contributed by atoms with Crippen LogP contribution in [0, 0.1) is 5.92 Å². The monoisotopic (exact) mass is 245 g/mol. The first kappa shape index (κ1) is 12.8. The fourth-order valence-corrected chi connectivity index (χ4v) is 2.45. The van der Waals surface area contributed by atoms with Gasteiger partial charge in [-0.25, -0.2) is 0 Å². The normalized spacial score (nSPS) is 20.0. The van der Waals surface area contributed by atoms with Crippen molar-refractivity contribution in [2.75, 3.05) is 11.4 Å². The molecule has 1 aliphatic heterocycles. The van der Waals surface area contributed by atoms with Crippen LogP contribution in [0.4, 0.5) is 5.69 Å². The maximum atomic E-state index is 12.3. The Bertz CT molecular complexity index is 467. The molecule has 0 bridgehead atoms. The number of benzene rings is 1. The smallest absolute Gasteiger partial charge is 0.237 e. The maximum Gasteiger partial charge on any atom is 0.237 e. The Hall–Kier alpha value is -1.64. The van der Waals surface area contributed by atoms with Gasteiger partial charge in [-0.2, -0.15) is 0 Å². The lowest BCUT2D eigenvalue weighted by atomic mass is 9.93. The molecule has 3 nitrogen and oxygen atoms in total. The van der Waals surface area contributed by atoms with Gasteiger partial charge >= 0.3 is 0 Å². The van der Waals surface area contributed by atoms with E-state index in [0.29, 0.717) is 6.42 Å². The van der Waals surface area contributed by atoms with Gasteiger partial charge in [0.1, 0.15) is 5.78 Å². The van der Waals surface area contributed by atoms with E-state index in [-0.39, 0.29) is 11.7 Å². The van der Waals surface area contributed by atoms with Crippen LogP contribution in [0.2, 0.25) is 0 Å². The molecule has 1 amide bonds. The van der Waals surface area contributed by atoms with Crippen molar-refractivity contribution in [2.45, 2.75) is 33.1 Å². The number of anilines is 1. The van der Waals surface area contributed by atoms with Gasteiger partial charge in [0.15, 0.2) is 0 Å². The lowest BCUT2D eigenvalue weighted by Gasteiger charge is -2.31. The van der Waals surface area contributed by atoms with E-state index in [9.17, 15) is 9.59 Å². The molecule has 1 aromatic rings. The largest absolute Gasteiger partial charge is 0.312 e. The highest BCUT2D eigenvalue weighted by Crippen LogP contribution is 2.25. The molecule has 2 rings (SSSR count). The summed E-state index contributed by atoms with van der Waals surface area (Å²) in [6, 6.07) is 8.01. The van der Waals surface area contributed by atoms with Gasteiger partial charge in [-0.1, -0.05) is 19.1 Å². The summed E-state index contributed by atoms with van der Waals surface area (Å²) in [5.74, 6) is -0.498. The van der Waals surface area contributed by atoms with Crippen molar-refractivity contribution in [3.63, 3.8) is 0 Å². The number of aryl methyl sites for hydroxylation is 1. The van der Waals surface area contributed by atoms with Crippen LogP contribution in [0.15, 0.2) is 24.3 Å². The van der Waals surface area contributed by atoms with Crippen molar-refractivity contribution < 1.29 is 9.59 Å². The van der Waals surface area contributed by atoms with E-state index in [0.717, 1.165) is 25.1 Å². The summed E-state index contributed by atoms with van der Waals surface area (Å²) in [6.07, 6.45) is 2.54. The van der Waals surface area contributed by atoms with Crippen molar-refractivity contribution in [2.24, 2.45) is 5.92 Å². The van der Waals surface area contributed by atoms with Crippen LogP contribution in [-0.2, 0) is 16.0 Å². The number of piperidine rings is 1. The number of Topliss-reactive ketones (excluding diaryl/α,β-unsaturated/α-hetero) is 1. The average molecular weight is 245 g/mol. The molecule has 0 aromatic heterocycles. The van der Waals surface area contributed by atoms with Crippen molar-refractivity contribution in [1.82, 2.24) is 0 Å². The Morgan fingerprint density at radius 1 is 1.44 bits per heavy atom. The molecule has 1 fully saturated rings. The molecule has 1 aromatic carbocycles. The van der Waals surface area contributed by atoms with E-state index in [4.69, 9.17) is 0 Å². The lowest BCUT2D eigenvalue weighted by Crippen LogP contribution is -2.43. The highest BCUT2D eigenvalue weighted by molar-refractivity contribution is 6.08. The number of rotatable bonds is 3. The van der Waals surface area contributed by atoms with Crippen LogP contribution >= 0.6 is 0 Å². The summed E-state index contributed by atoms with van der Waals surface area (Å²) in [5, 5.41) is 0. The molecule has 0 spiro atoms. The molecular formula is C15H19NO2. The van der Waals surface area contributed by atoms with Gasteiger partial charge in [-0.3, -0.25) is 9.59 Å². The Labute approximate surface area is 108 Å². The molecule has 0 aliphatic carbocycles. The molecule has 1 atom stereocenters. The Balaban J connectivity index is 2.26. The van der Waals surface area contributed by atoms with Gasteiger partial charge in [0, 0.05) is 12.2 Å². The highest BCUT2D eigenvalue weighted by atomic mass is 16.2. The SMILES string of the molecule is CCc1cccc(N2CCC[C@@H](C(C)=O)C2=O)c1. The fourth-order valence-electron chi connectivity index (χ4n) is 2.45. The number of hydrogen-bond acceptors (Lipinski definition) is 2. The number of carbonyl (C=O) groups is 2. The first-order valence-electron chi connectivity index (χ1n) is 6.54. The molecule has 1 heterocycles. The summed E-state index contributed by atoms with van der Waals surface area (Å²) >= 11 is 0. The molecule has 1 aliphatic rings. The predicted molar refractivity (Wildman–Crippen MR) is 71.6 cm³/mol. The molecule has 96 valence electrons. The summed E-state index contributed by atoms with van der Waals surface area (Å²) in [6.45, 7) is 4.32. The van der Waals surface area contributed by atoms with Gasteiger partial charge in [-0.05, 0) is 43.9 Å². The van der Waals surface area contributed by atoms with E-state index < -0.39 is 5.92 Å². The zero-order valence-electron chi connectivity index (χ0n) is 11.0. The van der Waals surface area contributed by atoms with E-state index in [2.05, 4.69) is 13.0 Å². The third kappa shape index (κ3) is 2.45. The summed E-state index contributed by atoms with van der Waals surface area (Å²) in [5.41, 5.74) is 2.13. The topological polar surface area (TPSA) is 37.4 Å². The highest BCUT2D eigenvalue weighted by Gasteiger charge is 2.32. The first-order chi connectivity index (χ1) is 8.63. The zero-order chi connectivity index (χ0) is 13.1. The number of hydrogen-bond donors (Lipinski definition) is 0. The van der Waals surface area contributed by atoms with Crippen molar-refractivity contribution in [3.05, 3.63) is 29.8 Å². The fraction of sp³-hybridized carbons (Fsp3) is 0.467. The minimum absolute atomic E-state index is 0.0173. The molecule has 1 saturated heterocycles. The van der Waals surface area contributed by atoms with Crippen LogP contribution in [0.3, 0.4) is 0 Å². The van der Waals surface area contributed by atoms with Crippen molar-refractivity contribution >= 4 is 17.4 Å². The number of ketones is 1. The predicted octanol–water partition coefficient (Wildman–Crippen LogP) is 2.58. The second-order valence-corrected chi connectivity index (χ2v) is 4.82. The van der Waals surface area contributed by atoms with Crippen LogP contribution < -0.4 is 4.90 Å². The Kier molecular flexibility index (Phi) is 3.80. The van der Waals surface area contributed by atoms with Crippen LogP contribution in [0.25, 0.3) is 0 Å². The summed E-state index contributed by atoms with van der Waals surface area (Å²) < 4.78 is 0. The molecule has 0 unspecified atom stereocenters. The third-order valence-corrected chi connectivity index (χ3v) is 3.56. The van der Waals surface area contributed by atoms with Gasteiger partial charge in [-0.15, -0.1) is 0 Å². The molecule has 0 radical (unpaired) electrons. The third-order valence-electron chi connectivity index (χ3n) is 3.56. The van der Waals surface area contributed by atoms with Gasteiger partial charge < -0.3 is 4.90 Å². The quantitative estimate of drug-likeness (QED) is 0.767. The zero-order valence-corrected chi connectivity index (χ0v) is 11.0. The number of nitrogens with zero attached hydrogens (tertiary/aromatic N) is 1. The standard InChI is InChI=1S/C15H19NO2/c1-3-12-6-4-7-13(10-12)16-9-5-8-14(11(2)17)15(16)18/h4,6-7,10,14H,3,5,8-9H2,1-2H3/t14-/m0/s1. The van der Waals surface area contributed by atoms with Gasteiger partial charge in [0.2, 0.25) is 5.91 Å². The molecule has 0 N–H and O–H groups in total. The van der Waals surface area contributed by atoms with Crippen molar-refractivity contribution in [1.29, 1.82) is 0 Å². The van der Waals surface area contributed by atoms with E-state index in [1.54, 1.807) is 4.90 Å². The Morgan fingerprint density at radius 2 is 2.22 bits per heavy atom. The molecule has 0 saturated carbocycles. The minimum Gasteiger partial charge on any atom is -0.312 e. The number of carbonyl (C=O) groups excluding carboxylic acids is 2. The molecule has 3 heteroatoms. The molecule has 18 heavy (non-hydrogen) atoms. The maximum absolute atomic E-state index is 12.3.